The molecule has 6 nitrogen and oxygen atoms in total. The Bertz CT molecular complexity index is 724. The quantitative estimate of drug-likeness (QED) is 0.889. The highest BCUT2D eigenvalue weighted by molar-refractivity contribution is 7.09. The first-order valence-electron chi connectivity index (χ1n) is 7.31. The summed E-state index contributed by atoms with van der Waals surface area (Å²) in [5.41, 5.74) is 6.66. The molecule has 0 bridgehead atoms. The number of hydrogen-bond acceptors (Lipinski definition) is 5. The van der Waals surface area contributed by atoms with E-state index < -0.39 is 0 Å². The average molecular weight is 318 g/mol. The molecule has 1 aliphatic rings. The number of nitrogen functional groups attached to an aromatic ring is 1. The third-order valence-corrected chi connectivity index (χ3v) is 4.77. The Kier molecular flexibility index (Phi) is 4.24. The van der Waals surface area contributed by atoms with Crippen LogP contribution in [0.3, 0.4) is 0 Å². The molecule has 2 aromatic rings. The average Bonchev–Trinajstić information content (AvgIpc) is 2.99. The van der Waals surface area contributed by atoms with Crippen molar-refractivity contribution in [2.45, 2.75) is 32.2 Å². The van der Waals surface area contributed by atoms with Gasteiger partial charge in [-0.2, -0.15) is 0 Å². The van der Waals surface area contributed by atoms with Crippen LogP contribution in [0.2, 0.25) is 0 Å². The van der Waals surface area contributed by atoms with Gasteiger partial charge in [0.25, 0.3) is 5.56 Å². The predicted octanol–water partition coefficient (Wildman–Crippen LogP) is 1.32. The molecule has 3 rings (SSSR count). The number of fused-ring (bicyclic) bond motifs is 1. The Hall–Kier alpha value is -2.15. The number of thiophene rings is 1. The number of nitrogens with one attached hydrogen (secondary N) is 1. The monoisotopic (exact) mass is 318 g/mol. The maximum Gasteiger partial charge on any atom is 0.255 e. The van der Waals surface area contributed by atoms with Crippen molar-refractivity contribution < 1.29 is 4.79 Å². The van der Waals surface area contributed by atoms with Crippen LogP contribution in [0.4, 0.5) is 5.95 Å². The fraction of sp³-hybridized carbons (Fsp3) is 0.400. The molecule has 7 heteroatoms. The standard InChI is InChI=1S/C15H18N4O2S/c16-15-17-12-9-19(7-6-11(12)14(21)18-15)13(20)5-1-3-10-4-2-8-22-10/h2,4,8H,1,3,5-7,9H2,(H3,16,17,18,21). The van der Waals surface area contributed by atoms with E-state index in [4.69, 9.17) is 5.73 Å². The predicted molar refractivity (Wildman–Crippen MR) is 85.6 cm³/mol. The zero-order valence-corrected chi connectivity index (χ0v) is 13.0. The van der Waals surface area contributed by atoms with E-state index >= 15 is 0 Å². The summed E-state index contributed by atoms with van der Waals surface area (Å²) in [6, 6.07) is 4.11. The summed E-state index contributed by atoms with van der Waals surface area (Å²) in [7, 11) is 0. The third kappa shape index (κ3) is 3.19. The fourth-order valence-electron chi connectivity index (χ4n) is 2.70. The molecular weight excluding hydrogens is 300 g/mol. The zero-order chi connectivity index (χ0) is 15.5. The van der Waals surface area contributed by atoms with Crippen LogP contribution in [0.1, 0.15) is 29.0 Å². The molecule has 0 saturated carbocycles. The Morgan fingerprint density at radius 2 is 2.36 bits per heavy atom. The van der Waals surface area contributed by atoms with Crippen LogP contribution in [-0.4, -0.2) is 27.3 Å². The van der Waals surface area contributed by atoms with Crippen molar-refractivity contribution in [1.82, 2.24) is 14.9 Å². The summed E-state index contributed by atoms with van der Waals surface area (Å²) in [5, 5.41) is 2.05. The van der Waals surface area contributed by atoms with Crippen LogP contribution in [0.25, 0.3) is 0 Å². The van der Waals surface area contributed by atoms with Gasteiger partial charge in [0.15, 0.2) is 0 Å². The van der Waals surface area contributed by atoms with Crippen LogP contribution in [0, 0.1) is 0 Å². The molecule has 3 heterocycles. The second-order valence-corrected chi connectivity index (χ2v) is 6.41. The van der Waals surface area contributed by atoms with Gasteiger partial charge in [0, 0.05) is 23.4 Å². The molecule has 2 aromatic heterocycles. The van der Waals surface area contributed by atoms with E-state index in [1.54, 1.807) is 16.2 Å². The number of amides is 1. The van der Waals surface area contributed by atoms with Gasteiger partial charge in [-0.25, -0.2) is 4.98 Å². The van der Waals surface area contributed by atoms with Gasteiger partial charge < -0.3 is 10.6 Å². The summed E-state index contributed by atoms with van der Waals surface area (Å²) < 4.78 is 0. The van der Waals surface area contributed by atoms with Crippen molar-refractivity contribution in [3.8, 4) is 0 Å². The van der Waals surface area contributed by atoms with E-state index in [2.05, 4.69) is 16.0 Å². The molecule has 22 heavy (non-hydrogen) atoms. The number of H-pyrrole nitrogens is 1. The number of carbonyl (C=O) groups is 1. The van der Waals surface area contributed by atoms with Gasteiger partial charge >= 0.3 is 0 Å². The maximum absolute atomic E-state index is 12.3. The van der Waals surface area contributed by atoms with Crippen molar-refractivity contribution in [2.24, 2.45) is 0 Å². The summed E-state index contributed by atoms with van der Waals surface area (Å²) in [6.07, 6.45) is 2.83. The number of nitrogens with two attached hydrogens (primary N) is 1. The molecular formula is C15H18N4O2S. The Morgan fingerprint density at radius 3 is 3.14 bits per heavy atom. The van der Waals surface area contributed by atoms with Crippen molar-refractivity contribution in [1.29, 1.82) is 0 Å². The number of hydrogen-bond donors (Lipinski definition) is 2. The molecule has 0 saturated heterocycles. The van der Waals surface area contributed by atoms with Gasteiger partial charge in [0.05, 0.1) is 12.2 Å². The van der Waals surface area contributed by atoms with Gasteiger partial charge in [-0.15, -0.1) is 11.3 Å². The van der Waals surface area contributed by atoms with Crippen molar-refractivity contribution >= 4 is 23.2 Å². The molecule has 0 fully saturated rings. The summed E-state index contributed by atoms with van der Waals surface area (Å²) >= 11 is 1.72. The van der Waals surface area contributed by atoms with Crippen molar-refractivity contribution in [2.75, 3.05) is 12.3 Å². The highest BCUT2D eigenvalue weighted by Crippen LogP contribution is 2.17. The molecule has 0 unspecified atom stereocenters. The Morgan fingerprint density at radius 1 is 1.50 bits per heavy atom. The Balaban J connectivity index is 1.59. The van der Waals surface area contributed by atoms with Gasteiger partial charge in [-0.05, 0) is 30.7 Å². The summed E-state index contributed by atoms with van der Waals surface area (Å²) in [5.74, 6) is 0.221. The van der Waals surface area contributed by atoms with Crippen LogP contribution >= 0.6 is 11.3 Å². The maximum atomic E-state index is 12.3. The van der Waals surface area contributed by atoms with Gasteiger partial charge in [0.2, 0.25) is 11.9 Å². The summed E-state index contributed by atoms with van der Waals surface area (Å²) in [4.78, 5) is 33.8. The molecule has 3 N–H and O–H groups in total. The van der Waals surface area contributed by atoms with Crippen LogP contribution in [-0.2, 0) is 24.2 Å². The number of rotatable bonds is 4. The van der Waals surface area contributed by atoms with Crippen LogP contribution in [0.15, 0.2) is 22.3 Å². The number of anilines is 1. The topological polar surface area (TPSA) is 92.1 Å². The highest BCUT2D eigenvalue weighted by Gasteiger charge is 2.23. The number of aromatic amines is 1. The number of nitrogens with zero attached hydrogens (tertiary/aromatic N) is 2. The molecule has 0 radical (unpaired) electrons. The number of carbonyl (C=O) groups excluding carboxylic acids is 1. The molecule has 0 aliphatic carbocycles. The van der Waals surface area contributed by atoms with Crippen LogP contribution in [0.5, 0.6) is 0 Å². The number of aryl methyl sites for hydroxylation is 1. The minimum Gasteiger partial charge on any atom is -0.369 e. The second-order valence-electron chi connectivity index (χ2n) is 5.37. The molecule has 116 valence electrons. The lowest BCUT2D eigenvalue weighted by Gasteiger charge is -2.27. The van der Waals surface area contributed by atoms with E-state index in [-0.39, 0.29) is 17.4 Å². The largest absolute Gasteiger partial charge is 0.369 e. The Labute approximate surface area is 132 Å². The SMILES string of the molecule is Nc1nc2c(c(=O)[nH]1)CCN(C(=O)CCCc1cccs1)C2. The molecule has 1 amide bonds. The van der Waals surface area contributed by atoms with Crippen LogP contribution < -0.4 is 11.3 Å². The van der Waals surface area contributed by atoms with E-state index in [0.717, 1.165) is 12.8 Å². The zero-order valence-electron chi connectivity index (χ0n) is 12.2. The molecule has 0 atom stereocenters. The molecule has 0 aromatic carbocycles. The van der Waals surface area contributed by atoms with Gasteiger partial charge in [-0.1, -0.05) is 6.07 Å². The third-order valence-electron chi connectivity index (χ3n) is 3.84. The lowest BCUT2D eigenvalue weighted by atomic mass is 10.1. The van der Waals surface area contributed by atoms with E-state index in [1.807, 2.05) is 11.4 Å². The minimum atomic E-state index is -0.188. The first-order chi connectivity index (χ1) is 10.6. The molecule has 1 aliphatic heterocycles. The number of aromatic nitrogens is 2. The van der Waals surface area contributed by atoms with Crippen molar-refractivity contribution in [3.63, 3.8) is 0 Å². The van der Waals surface area contributed by atoms with E-state index in [0.29, 0.717) is 37.2 Å². The fourth-order valence-corrected chi connectivity index (χ4v) is 3.45. The highest BCUT2D eigenvalue weighted by atomic mass is 32.1. The van der Waals surface area contributed by atoms with Gasteiger partial charge in [-0.3, -0.25) is 14.6 Å². The second kappa shape index (κ2) is 6.31. The first kappa shape index (κ1) is 14.8. The lowest BCUT2D eigenvalue weighted by molar-refractivity contribution is -0.132. The lowest BCUT2D eigenvalue weighted by Crippen LogP contribution is -2.39. The minimum absolute atomic E-state index is 0.107. The molecule has 0 spiro atoms. The van der Waals surface area contributed by atoms with E-state index in [1.165, 1.54) is 4.88 Å². The van der Waals surface area contributed by atoms with Gasteiger partial charge in [0.1, 0.15) is 0 Å². The normalized spacial score (nSPS) is 13.9. The van der Waals surface area contributed by atoms with E-state index in [9.17, 15) is 9.59 Å². The smallest absolute Gasteiger partial charge is 0.255 e. The first-order valence-corrected chi connectivity index (χ1v) is 8.19. The summed E-state index contributed by atoms with van der Waals surface area (Å²) in [6.45, 7) is 0.945. The van der Waals surface area contributed by atoms with Crippen molar-refractivity contribution in [3.05, 3.63) is 44.0 Å².